The van der Waals surface area contributed by atoms with Crippen molar-refractivity contribution in [1.82, 2.24) is 20.1 Å². The SMILES string of the molecule is COc1cccc(CN(C[C@@H](O)C(Cc2ccccc2)NC(=O)c2cccc(C(=O)N3CSC[C@@H]3c3nc(C)cs3)c2)C(=O)OC(C)(C)C)c1. The zero-order valence-corrected chi connectivity index (χ0v) is 30.6. The number of hydrogen-bond acceptors (Lipinski definition) is 9. The molecular formula is C38H44N4O6S2. The lowest BCUT2D eigenvalue weighted by Crippen LogP contribution is -2.51. The van der Waals surface area contributed by atoms with Crippen molar-refractivity contribution in [2.45, 2.75) is 64.4 Å². The minimum absolute atomic E-state index is 0.118. The molecule has 0 saturated carbocycles. The summed E-state index contributed by atoms with van der Waals surface area (Å²) in [5, 5.41) is 17.6. The minimum Gasteiger partial charge on any atom is -0.497 e. The number of hydrogen-bond donors (Lipinski definition) is 2. The first-order valence-corrected chi connectivity index (χ1v) is 18.5. The topological polar surface area (TPSA) is 121 Å². The van der Waals surface area contributed by atoms with E-state index in [2.05, 4.69) is 10.3 Å². The molecule has 4 aromatic rings. The van der Waals surface area contributed by atoms with Crippen molar-refractivity contribution in [3.05, 3.63) is 117 Å². The molecule has 1 fully saturated rings. The van der Waals surface area contributed by atoms with E-state index in [0.29, 0.717) is 23.6 Å². The van der Waals surface area contributed by atoms with Crippen LogP contribution in [0.5, 0.6) is 5.75 Å². The first kappa shape index (κ1) is 36.9. The molecule has 0 radical (unpaired) electrons. The number of ether oxygens (including phenoxy) is 2. The predicted molar refractivity (Wildman–Crippen MR) is 197 cm³/mol. The fraction of sp³-hybridized carbons (Fsp3) is 0.368. The van der Waals surface area contributed by atoms with Gasteiger partial charge in [-0.25, -0.2) is 9.78 Å². The summed E-state index contributed by atoms with van der Waals surface area (Å²) >= 11 is 3.22. The molecule has 3 aromatic carbocycles. The number of carbonyl (C=O) groups is 3. The van der Waals surface area contributed by atoms with Crippen LogP contribution in [0.25, 0.3) is 0 Å². The van der Waals surface area contributed by atoms with Gasteiger partial charge in [0.05, 0.1) is 37.7 Å². The van der Waals surface area contributed by atoms with Gasteiger partial charge in [-0.2, -0.15) is 0 Å². The number of aliphatic hydroxyl groups is 1. The fourth-order valence-electron chi connectivity index (χ4n) is 5.61. The number of benzene rings is 3. The number of methoxy groups -OCH3 is 1. The van der Waals surface area contributed by atoms with Crippen LogP contribution in [-0.4, -0.2) is 80.8 Å². The number of carbonyl (C=O) groups excluding carboxylic acids is 3. The van der Waals surface area contributed by atoms with E-state index >= 15 is 0 Å². The molecule has 10 nitrogen and oxygen atoms in total. The summed E-state index contributed by atoms with van der Waals surface area (Å²) in [6.07, 6.45) is -1.47. The van der Waals surface area contributed by atoms with Gasteiger partial charge in [0.15, 0.2) is 0 Å². The molecule has 1 aliphatic heterocycles. The molecule has 0 aliphatic carbocycles. The number of thiazole rings is 1. The van der Waals surface area contributed by atoms with Gasteiger partial charge in [-0.3, -0.25) is 9.59 Å². The average Bonchev–Trinajstić information content (AvgIpc) is 3.76. The fourth-order valence-corrected chi connectivity index (χ4v) is 7.78. The standard InChI is InChI=1S/C38H44N4O6S2/c1-25-22-50-35(39-25)32-23-49-24-42(32)36(45)29-15-10-14-28(19-29)34(44)40-31(18-26-11-7-6-8-12-26)33(43)21-41(37(46)48-38(2,3)4)20-27-13-9-16-30(17-27)47-5/h6-17,19,22,31-33,43H,18,20-21,23-24H2,1-5H3,(H,40,44)/t31?,32-,33-/m1/s1. The van der Waals surface area contributed by atoms with Gasteiger partial charge in [0.1, 0.15) is 16.4 Å². The number of nitrogens with one attached hydrogen (secondary N) is 1. The van der Waals surface area contributed by atoms with E-state index in [1.54, 1.807) is 80.1 Å². The summed E-state index contributed by atoms with van der Waals surface area (Å²) < 4.78 is 11.1. The first-order chi connectivity index (χ1) is 23.9. The van der Waals surface area contributed by atoms with E-state index < -0.39 is 29.7 Å². The van der Waals surface area contributed by atoms with E-state index in [9.17, 15) is 19.5 Å². The largest absolute Gasteiger partial charge is 0.497 e. The van der Waals surface area contributed by atoms with Crippen molar-refractivity contribution < 1.29 is 29.0 Å². The molecule has 50 heavy (non-hydrogen) atoms. The van der Waals surface area contributed by atoms with Crippen LogP contribution in [0.3, 0.4) is 0 Å². The van der Waals surface area contributed by atoms with Crippen LogP contribution in [-0.2, 0) is 17.7 Å². The Kier molecular flexibility index (Phi) is 12.2. The maximum absolute atomic E-state index is 13.8. The first-order valence-electron chi connectivity index (χ1n) is 16.4. The van der Waals surface area contributed by atoms with Crippen molar-refractivity contribution in [2.24, 2.45) is 0 Å². The monoisotopic (exact) mass is 716 g/mol. The van der Waals surface area contributed by atoms with E-state index in [4.69, 9.17) is 9.47 Å². The second-order valence-electron chi connectivity index (χ2n) is 13.2. The van der Waals surface area contributed by atoms with Crippen molar-refractivity contribution in [1.29, 1.82) is 0 Å². The lowest BCUT2D eigenvalue weighted by atomic mass is 9.99. The zero-order valence-electron chi connectivity index (χ0n) is 29.0. The van der Waals surface area contributed by atoms with Gasteiger partial charge in [-0.15, -0.1) is 23.1 Å². The molecule has 1 unspecified atom stereocenters. The van der Waals surface area contributed by atoms with Crippen LogP contribution in [0.15, 0.2) is 84.2 Å². The highest BCUT2D eigenvalue weighted by Crippen LogP contribution is 2.36. The molecule has 1 aliphatic rings. The van der Waals surface area contributed by atoms with Crippen molar-refractivity contribution in [3.63, 3.8) is 0 Å². The molecule has 2 heterocycles. The number of nitrogens with zero attached hydrogens (tertiary/aromatic N) is 3. The summed E-state index contributed by atoms with van der Waals surface area (Å²) in [6, 6.07) is 22.6. The van der Waals surface area contributed by atoms with Gasteiger partial charge in [0, 0.05) is 34.5 Å². The van der Waals surface area contributed by atoms with Crippen LogP contribution in [0.1, 0.15) is 69.4 Å². The van der Waals surface area contributed by atoms with Crippen LogP contribution in [0.2, 0.25) is 0 Å². The number of amides is 3. The van der Waals surface area contributed by atoms with Crippen LogP contribution in [0, 0.1) is 6.92 Å². The summed E-state index contributed by atoms with van der Waals surface area (Å²) in [5.74, 6) is 1.32. The maximum atomic E-state index is 13.8. The summed E-state index contributed by atoms with van der Waals surface area (Å²) in [4.78, 5) is 48.8. The Balaban J connectivity index is 1.36. The van der Waals surface area contributed by atoms with Gasteiger partial charge >= 0.3 is 6.09 Å². The lowest BCUT2D eigenvalue weighted by Gasteiger charge is -2.32. The third-order valence-electron chi connectivity index (χ3n) is 8.08. The smallest absolute Gasteiger partial charge is 0.410 e. The van der Waals surface area contributed by atoms with Crippen molar-refractivity contribution >= 4 is 41.0 Å². The number of aryl methyl sites for hydroxylation is 1. The number of aliphatic hydroxyl groups excluding tert-OH is 1. The molecular weight excluding hydrogens is 673 g/mol. The Bertz CT molecular complexity index is 1780. The Hall–Kier alpha value is -4.39. The minimum atomic E-state index is -1.17. The van der Waals surface area contributed by atoms with E-state index in [0.717, 1.165) is 27.6 Å². The zero-order chi connectivity index (χ0) is 35.8. The van der Waals surface area contributed by atoms with Gasteiger partial charge in [0.2, 0.25) is 0 Å². The van der Waals surface area contributed by atoms with Crippen LogP contribution < -0.4 is 10.1 Å². The lowest BCUT2D eigenvalue weighted by molar-refractivity contribution is 0.00836. The number of thioether (sulfide) groups is 1. The molecule has 0 bridgehead atoms. The van der Waals surface area contributed by atoms with Gasteiger partial charge < -0.3 is 29.7 Å². The second-order valence-corrected chi connectivity index (χ2v) is 15.1. The molecule has 1 saturated heterocycles. The van der Waals surface area contributed by atoms with Gasteiger partial charge in [-0.05, 0) is 75.6 Å². The highest BCUT2D eigenvalue weighted by Gasteiger charge is 2.34. The number of rotatable bonds is 12. The summed E-state index contributed by atoms with van der Waals surface area (Å²) in [5.41, 5.74) is 2.53. The highest BCUT2D eigenvalue weighted by molar-refractivity contribution is 7.99. The molecule has 12 heteroatoms. The van der Waals surface area contributed by atoms with Crippen LogP contribution in [0.4, 0.5) is 4.79 Å². The molecule has 2 N–H and O–H groups in total. The van der Waals surface area contributed by atoms with Crippen molar-refractivity contribution in [3.8, 4) is 5.75 Å². The Morgan fingerprint density at radius 2 is 1.74 bits per heavy atom. The molecule has 3 atom stereocenters. The van der Waals surface area contributed by atoms with E-state index in [-0.39, 0.29) is 30.6 Å². The quantitative estimate of drug-likeness (QED) is 0.171. The molecule has 0 spiro atoms. The molecule has 3 amide bonds. The van der Waals surface area contributed by atoms with Crippen molar-refractivity contribution in [2.75, 3.05) is 25.3 Å². The Labute approximate surface area is 301 Å². The Morgan fingerprint density at radius 1 is 1.02 bits per heavy atom. The third kappa shape index (κ3) is 9.86. The average molecular weight is 717 g/mol. The van der Waals surface area contributed by atoms with Gasteiger partial charge in [0.25, 0.3) is 11.8 Å². The molecule has 1 aromatic heterocycles. The van der Waals surface area contributed by atoms with Gasteiger partial charge in [-0.1, -0.05) is 48.5 Å². The summed E-state index contributed by atoms with van der Waals surface area (Å²) in [7, 11) is 1.57. The second kappa shape index (κ2) is 16.5. The van der Waals surface area contributed by atoms with E-state index in [1.807, 2.05) is 66.9 Å². The molecule has 264 valence electrons. The maximum Gasteiger partial charge on any atom is 0.410 e. The Morgan fingerprint density at radius 3 is 2.44 bits per heavy atom. The third-order valence-corrected chi connectivity index (χ3v) is 10.2. The van der Waals surface area contributed by atoms with Crippen LogP contribution >= 0.6 is 23.1 Å². The highest BCUT2D eigenvalue weighted by atomic mass is 32.2. The number of aromatic nitrogens is 1. The summed E-state index contributed by atoms with van der Waals surface area (Å²) in [6.45, 7) is 7.32. The normalized spacial score (nSPS) is 15.6. The predicted octanol–water partition coefficient (Wildman–Crippen LogP) is 6.49. The van der Waals surface area contributed by atoms with E-state index in [1.165, 1.54) is 4.90 Å². The molecule has 5 rings (SSSR count).